The zero-order valence-electron chi connectivity index (χ0n) is 20.3. The highest BCUT2D eigenvalue weighted by Gasteiger charge is 2.37. The molecule has 3 amide bonds. The number of nitrogens with zero attached hydrogens (tertiary/aromatic N) is 2. The molecule has 1 aliphatic heterocycles. The lowest BCUT2D eigenvalue weighted by Crippen LogP contribution is -2.45. The highest BCUT2D eigenvalue weighted by Crippen LogP contribution is 2.32. The molecule has 5 rings (SSSR count). The molecule has 35 heavy (non-hydrogen) atoms. The smallest absolute Gasteiger partial charge is 0.251 e. The lowest BCUT2D eigenvalue weighted by atomic mass is 9.94. The van der Waals surface area contributed by atoms with Crippen molar-refractivity contribution in [1.82, 2.24) is 15.1 Å². The van der Waals surface area contributed by atoms with E-state index < -0.39 is 0 Å². The van der Waals surface area contributed by atoms with Crippen LogP contribution in [0.2, 0.25) is 0 Å². The molecule has 0 atom stereocenters. The maximum atomic E-state index is 13.4. The normalized spacial score (nSPS) is 18.2. The van der Waals surface area contributed by atoms with Crippen LogP contribution in [-0.4, -0.2) is 52.7 Å². The second-order valence-electron chi connectivity index (χ2n) is 10.3. The number of piperidine rings is 1. The van der Waals surface area contributed by atoms with Gasteiger partial charge in [-0.05, 0) is 68.2 Å². The lowest BCUT2D eigenvalue weighted by Gasteiger charge is -2.34. The van der Waals surface area contributed by atoms with Crippen LogP contribution in [0.25, 0.3) is 0 Å². The van der Waals surface area contributed by atoms with Crippen molar-refractivity contribution in [2.75, 3.05) is 13.1 Å². The van der Waals surface area contributed by atoms with Crippen molar-refractivity contribution >= 4 is 17.7 Å². The van der Waals surface area contributed by atoms with Crippen LogP contribution in [0.5, 0.6) is 0 Å². The number of carbonyl (C=O) groups is 3. The van der Waals surface area contributed by atoms with Gasteiger partial charge in [-0.15, -0.1) is 0 Å². The molecular weight excluding hydrogens is 438 g/mol. The van der Waals surface area contributed by atoms with Gasteiger partial charge in [0.15, 0.2) is 0 Å². The largest absolute Gasteiger partial charge is 0.349 e. The molecule has 0 radical (unpaired) electrons. The van der Waals surface area contributed by atoms with E-state index in [9.17, 15) is 14.4 Å². The molecule has 3 aliphatic rings. The minimum Gasteiger partial charge on any atom is -0.349 e. The van der Waals surface area contributed by atoms with Crippen molar-refractivity contribution in [3.63, 3.8) is 0 Å². The lowest BCUT2D eigenvalue weighted by molar-refractivity contribution is -0.141. The van der Waals surface area contributed by atoms with E-state index in [1.54, 1.807) is 0 Å². The summed E-state index contributed by atoms with van der Waals surface area (Å²) in [6.07, 6.45) is 7.01. The predicted octanol–water partition coefficient (Wildman–Crippen LogP) is 3.94. The first-order valence-corrected chi connectivity index (χ1v) is 13.1. The summed E-state index contributed by atoms with van der Waals surface area (Å²) < 4.78 is 0. The standard InChI is InChI=1S/C29H35N3O3/c33-27(15-8-21-4-2-1-3-5-21)31-18-16-24(17-19-31)29(35)32(26-13-14-26)20-22-6-9-23(10-7-22)28(34)30-25-11-12-25/h1-7,9-10,24-26H,8,11-20H2,(H,30,34). The quantitative estimate of drug-likeness (QED) is 0.600. The Morgan fingerprint density at radius 1 is 0.829 bits per heavy atom. The van der Waals surface area contributed by atoms with E-state index in [4.69, 9.17) is 0 Å². The van der Waals surface area contributed by atoms with E-state index in [0.717, 1.165) is 50.5 Å². The van der Waals surface area contributed by atoms with Gasteiger partial charge in [-0.25, -0.2) is 0 Å². The molecule has 1 saturated heterocycles. The van der Waals surface area contributed by atoms with Crippen LogP contribution in [-0.2, 0) is 22.6 Å². The van der Waals surface area contributed by atoms with Gasteiger partial charge in [-0.3, -0.25) is 14.4 Å². The molecule has 2 aromatic rings. The second kappa shape index (κ2) is 10.6. The third-order valence-electron chi connectivity index (χ3n) is 7.42. The Morgan fingerprint density at radius 3 is 2.14 bits per heavy atom. The van der Waals surface area contributed by atoms with Crippen molar-refractivity contribution in [2.45, 2.75) is 70.0 Å². The topological polar surface area (TPSA) is 69.7 Å². The predicted molar refractivity (Wildman–Crippen MR) is 135 cm³/mol. The minimum atomic E-state index is -0.0163. The van der Waals surface area contributed by atoms with Gasteiger partial charge in [0, 0.05) is 49.6 Å². The first kappa shape index (κ1) is 23.6. The molecule has 184 valence electrons. The van der Waals surface area contributed by atoms with E-state index in [2.05, 4.69) is 17.4 Å². The molecule has 0 bridgehead atoms. The second-order valence-corrected chi connectivity index (χ2v) is 10.3. The maximum absolute atomic E-state index is 13.4. The van der Waals surface area contributed by atoms with Crippen LogP contribution in [0, 0.1) is 5.92 Å². The van der Waals surface area contributed by atoms with Gasteiger partial charge in [-0.2, -0.15) is 0 Å². The van der Waals surface area contributed by atoms with Crippen molar-refractivity contribution in [3.8, 4) is 0 Å². The first-order valence-electron chi connectivity index (χ1n) is 13.1. The fourth-order valence-electron chi connectivity index (χ4n) is 4.89. The summed E-state index contributed by atoms with van der Waals surface area (Å²) in [5.74, 6) is 0.376. The molecule has 3 fully saturated rings. The number of likely N-dealkylation sites (tertiary alicyclic amines) is 1. The SMILES string of the molecule is O=C(NC1CC1)c1ccc(CN(C(=O)C2CCN(C(=O)CCc3ccccc3)CC2)C2CC2)cc1. The van der Waals surface area contributed by atoms with Crippen molar-refractivity contribution in [2.24, 2.45) is 5.92 Å². The highest BCUT2D eigenvalue weighted by molar-refractivity contribution is 5.94. The van der Waals surface area contributed by atoms with Crippen LogP contribution in [0.4, 0.5) is 0 Å². The summed E-state index contributed by atoms with van der Waals surface area (Å²) in [5.41, 5.74) is 2.92. The van der Waals surface area contributed by atoms with Crippen LogP contribution in [0.15, 0.2) is 54.6 Å². The summed E-state index contributed by atoms with van der Waals surface area (Å²) in [6, 6.07) is 18.4. The van der Waals surface area contributed by atoms with E-state index in [-0.39, 0.29) is 23.6 Å². The van der Waals surface area contributed by atoms with Crippen LogP contribution < -0.4 is 5.32 Å². The van der Waals surface area contributed by atoms with Crippen LogP contribution in [0.3, 0.4) is 0 Å². The minimum absolute atomic E-state index is 0.0146. The van der Waals surface area contributed by atoms with E-state index in [1.807, 2.05) is 52.3 Å². The molecule has 1 N–H and O–H groups in total. The third kappa shape index (κ3) is 6.30. The number of nitrogens with one attached hydrogen (secondary N) is 1. The van der Waals surface area contributed by atoms with Crippen LogP contribution >= 0.6 is 0 Å². The van der Waals surface area contributed by atoms with Gasteiger partial charge in [0.05, 0.1) is 0 Å². The summed E-state index contributed by atoms with van der Waals surface area (Å²) >= 11 is 0. The van der Waals surface area contributed by atoms with Gasteiger partial charge < -0.3 is 15.1 Å². The Labute approximate surface area is 207 Å². The molecule has 2 saturated carbocycles. The first-order chi connectivity index (χ1) is 17.1. The summed E-state index contributed by atoms with van der Waals surface area (Å²) in [6.45, 7) is 1.91. The molecule has 0 unspecified atom stereocenters. The number of benzene rings is 2. The average molecular weight is 474 g/mol. The zero-order valence-corrected chi connectivity index (χ0v) is 20.3. The Morgan fingerprint density at radius 2 is 1.51 bits per heavy atom. The van der Waals surface area contributed by atoms with E-state index in [0.29, 0.717) is 43.7 Å². The van der Waals surface area contributed by atoms with Gasteiger partial charge in [0.1, 0.15) is 0 Å². The van der Waals surface area contributed by atoms with E-state index in [1.165, 1.54) is 5.56 Å². The number of hydrogen-bond acceptors (Lipinski definition) is 3. The third-order valence-corrected chi connectivity index (χ3v) is 7.42. The molecule has 2 aliphatic carbocycles. The molecule has 0 spiro atoms. The van der Waals surface area contributed by atoms with Crippen molar-refractivity contribution in [1.29, 1.82) is 0 Å². The number of carbonyl (C=O) groups excluding carboxylic acids is 3. The molecule has 0 aromatic heterocycles. The molecular formula is C29H35N3O3. The van der Waals surface area contributed by atoms with Gasteiger partial charge >= 0.3 is 0 Å². The number of hydrogen-bond donors (Lipinski definition) is 1. The number of aryl methyl sites for hydroxylation is 1. The molecule has 6 nitrogen and oxygen atoms in total. The van der Waals surface area contributed by atoms with Crippen LogP contribution in [0.1, 0.15) is 66.4 Å². The summed E-state index contributed by atoms with van der Waals surface area (Å²) in [5, 5.41) is 3.02. The fraction of sp³-hybridized carbons (Fsp3) is 0.483. The molecule has 2 aromatic carbocycles. The molecule has 1 heterocycles. The van der Waals surface area contributed by atoms with Gasteiger partial charge in [0.25, 0.3) is 5.91 Å². The number of amides is 3. The number of rotatable bonds is 9. The molecule has 6 heteroatoms. The average Bonchev–Trinajstić information content (AvgIpc) is 3.82. The monoisotopic (exact) mass is 473 g/mol. The maximum Gasteiger partial charge on any atom is 0.251 e. The Balaban J connectivity index is 1.12. The Bertz CT molecular complexity index is 1040. The van der Waals surface area contributed by atoms with E-state index >= 15 is 0 Å². The highest BCUT2D eigenvalue weighted by atomic mass is 16.2. The fourth-order valence-corrected chi connectivity index (χ4v) is 4.89. The van der Waals surface area contributed by atoms with Gasteiger partial charge in [-0.1, -0.05) is 42.5 Å². The Kier molecular flexibility index (Phi) is 7.16. The van der Waals surface area contributed by atoms with Crippen molar-refractivity contribution in [3.05, 3.63) is 71.3 Å². The van der Waals surface area contributed by atoms with Gasteiger partial charge in [0.2, 0.25) is 11.8 Å². The Hall–Kier alpha value is -3.15. The zero-order chi connectivity index (χ0) is 24.2. The summed E-state index contributed by atoms with van der Waals surface area (Å²) in [7, 11) is 0. The van der Waals surface area contributed by atoms with Crippen molar-refractivity contribution < 1.29 is 14.4 Å². The summed E-state index contributed by atoms with van der Waals surface area (Å²) in [4.78, 5) is 42.3.